The molecule has 2 aromatic heterocycles. The molecule has 0 saturated heterocycles. The zero-order valence-corrected chi connectivity index (χ0v) is 25.8. The van der Waals surface area contributed by atoms with Gasteiger partial charge in [0.2, 0.25) is 5.88 Å². The summed E-state index contributed by atoms with van der Waals surface area (Å²) in [6.45, 7) is 0.511. The van der Waals surface area contributed by atoms with Gasteiger partial charge in [0.05, 0.1) is 45.9 Å². The second-order valence-corrected chi connectivity index (χ2v) is 11.5. The average molecular weight is 643 g/mol. The molecule has 0 spiro atoms. The quantitative estimate of drug-likeness (QED) is 0.212. The highest BCUT2D eigenvalue weighted by molar-refractivity contribution is 6.40. The van der Waals surface area contributed by atoms with E-state index in [0.717, 1.165) is 35.9 Å². The van der Waals surface area contributed by atoms with Crippen LogP contribution in [0.25, 0.3) is 22.4 Å². The lowest BCUT2D eigenvalue weighted by Crippen LogP contribution is -2.41. The number of benzene rings is 2. The standard InChI is InChI=1S/C31H30Cl3N5O4/c1-39-31(42)26(21(32)16-36-39)29(41)37-24-11-6-8-19(28(24)34)18-7-5-9-20(27(18)33)22-14-13-17(30(38-22)43-2)15-35-23-10-3-4-12-25(23)40/h5-9,11,13-14,16,23,25,35,40H,3-4,10,12,15H2,1-2H3,(H,37,41)/t23-,25+/m1/s1. The fraction of sp³-hybridized carbons (Fsp3) is 0.290. The van der Waals surface area contributed by atoms with Gasteiger partial charge in [0.1, 0.15) is 5.56 Å². The van der Waals surface area contributed by atoms with Crippen LogP contribution in [0.2, 0.25) is 15.1 Å². The Morgan fingerprint density at radius 2 is 1.72 bits per heavy atom. The number of hydrogen-bond acceptors (Lipinski definition) is 7. The number of aliphatic hydroxyl groups excluding tert-OH is 1. The minimum absolute atomic E-state index is 0.0432. The lowest BCUT2D eigenvalue weighted by Gasteiger charge is -2.28. The molecule has 1 saturated carbocycles. The van der Waals surface area contributed by atoms with E-state index >= 15 is 0 Å². The molecule has 2 heterocycles. The minimum atomic E-state index is -0.712. The normalized spacial score (nSPS) is 16.6. The monoisotopic (exact) mass is 641 g/mol. The minimum Gasteiger partial charge on any atom is -0.481 e. The van der Waals surface area contributed by atoms with E-state index in [1.165, 1.54) is 13.2 Å². The summed E-state index contributed by atoms with van der Waals surface area (Å²) in [5, 5.41) is 20.8. The molecular weight excluding hydrogens is 613 g/mol. The highest BCUT2D eigenvalue weighted by atomic mass is 35.5. The first-order chi connectivity index (χ1) is 20.7. The number of nitrogens with zero attached hydrogens (tertiary/aromatic N) is 3. The molecule has 1 amide bonds. The molecule has 0 aliphatic heterocycles. The number of hydrogen-bond donors (Lipinski definition) is 3. The zero-order valence-electron chi connectivity index (χ0n) is 23.5. The number of anilines is 1. The Kier molecular flexibility index (Phi) is 9.68. The second-order valence-electron chi connectivity index (χ2n) is 10.3. The van der Waals surface area contributed by atoms with Crippen LogP contribution in [0, 0.1) is 0 Å². The zero-order chi connectivity index (χ0) is 30.7. The molecule has 9 nitrogen and oxygen atoms in total. The van der Waals surface area contributed by atoms with Crippen molar-refractivity contribution in [3.8, 4) is 28.3 Å². The van der Waals surface area contributed by atoms with Gasteiger partial charge < -0.3 is 20.5 Å². The summed E-state index contributed by atoms with van der Waals surface area (Å²) in [7, 11) is 2.99. The number of aromatic nitrogens is 3. The SMILES string of the molecule is COc1nc(-c2cccc(-c3cccc(NC(=O)c4c(Cl)cnn(C)c4=O)c3Cl)c2Cl)ccc1CN[C@@H]1CCCC[C@@H]1O. The number of nitrogens with one attached hydrogen (secondary N) is 2. The van der Waals surface area contributed by atoms with Crippen molar-refractivity contribution in [2.75, 3.05) is 12.4 Å². The Labute approximate surface area is 263 Å². The van der Waals surface area contributed by atoms with Gasteiger partial charge >= 0.3 is 0 Å². The van der Waals surface area contributed by atoms with Crippen LogP contribution in [0.15, 0.2) is 59.5 Å². The molecule has 2 atom stereocenters. The molecule has 224 valence electrons. The van der Waals surface area contributed by atoms with Crippen LogP contribution < -0.4 is 20.9 Å². The Morgan fingerprint density at radius 3 is 2.47 bits per heavy atom. The molecule has 0 unspecified atom stereocenters. The molecule has 1 aliphatic carbocycles. The fourth-order valence-electron chi connectivity index (χ4n) is 5.20. The largest absolute Gasteiger partial charge is 0.481 e. The van der Waals surface area contributed by atoms with Crippen LogP contribution in [0.5, 0.6) is 5.88 Å². The molecule has 4 aromatic rings. The maximum Gasteiger partial charge on any atom is 0.280 e. The summed E-state index contributed by atoms with van der Waals surface area (Å²) < 4.78 is 6.63. The Bertz CT molecular complexity index is 1730. The number of aliphatic hydroxyl groups is 1. The molecule has 2 aromatic carbocycles. The number of methoxy groups -OCH3 is 1. The van der Waals surface area contributed by atoms with Crippen molar-refractivity contribution >= 4 is 46.4 Å². The van der Waals surface area contributed by atoms with Gasteiger partial charge in [-0.25, -0.2) is 9.67 Å². The molecule has 0 bridgehead atoms. The predicted molar refractivity (Wildman–Crippen MR) is 169 cm³/mol. The third-order valence-electron chi connectivity index (χ3n) is 7.55. The molecule has 1 fully saturated rings. The number of ether oxygens (including phenoxy) is 1. The van der Waals surface area contributed by atoms with Gasteiger partial charge in [-0.2, -0.15) is 5.10 Å². The van der Waals surface area contributed by atoms with Crippen molar-refractivity contribution in [1.29, 1.82) is 0 Å². The van der Waals surface area contributed by atoms with Crippen molar-refractivity contribution in [2.24, 2.45) is 7.05 Å². The third kappa shape index (κ3) is 6.56. The van der Waals surface area contributed by atoms with Crippen molar-refractivity contribution in [2.45, 2.75) is 44.4 Å². The van der Waals surface area contributed by atoms with E-state index in [1.54, 1.807) is 25.3 Å². The number of amides is 1. The smallest absolute Gasteiger partial charge is 0.280 e. The molecule has 43 heavy (non-hydrogen) atoms. The fourth-order valence-corrected chi connectivity index (χ4v) is 6.01. The van der Waals surface area contributed by atoms with Gasteiger partial charge in [-0.15, -0.1) is 0 Å². The van der Waals surface area contributed by atoms with E-state index in [1.807, 2.05) is 30.3 Å². The third-order valence-corrected chi connectivity index (χ3v) is 8.65. The van der Waals surface area contributed by atoms with Crippen LogP contribution in [0.3, 0.4) is 0 Å². The van der Waals surface area contributed by atoms with E-state index in [-0.39, 0.29) is 33.4 Å². The lowest BCUT2D eigenvalue weighted by atomic mass is 9.92. The number of rotatable bonds is 8. The van der Waals surface area contributed by atoms with E-state index in [9.17, 15) is 14.7 Å². The maximum absolute atomic E-state index is 13.0. The predicted octanol–water partition coefficient (Wildman–Crippen LogP) is 6.12. The van der Waals surface area contributed by atoms with Crippen LogP contribution in [0.1, 0.15) is 41.6 Å². The topological polar surface area (TPSA) is 118 Å². The van der Waals surface area contributed by atoms with E-state index in [0.29, 0.717) is 39.8 Å². The summed E-state index contributed by atoms with van der Waals surface area (Å²) in [4.78, 5) is 30.2. The van der Waals surface area contributed by atoms with Gasteiger partial charge in [-0.1, -0.05) is 84.0 Å². The maximum atomic E-state index is 13.0. The first-order valence-corrected chi connectivity index (χ1v) is 14.9. The molecule has 3 N–H and O–H groups in total. The average Bonchev–Trinajstić information content (AvgIpc) is 3.00. The number of pyridine rings is 1. The summed E-state index contributed by atoms with van der Waals surface area (Å²) in [6, 6.07) is 14.5. The van der Waals surface area contributed by atoms with Crippen molar-refractivity contribution in [1.82, 2.24) is 20.1 Å². The molecule has 1 aliphatic rings. The summed E-state index contributed by atoms with van der Waals surface area (Å²) in [5.74, 6) is -0.254. The highest BCUT2D eigenvalue weighted by Gasteiger charge is 2.24. The van der Waals surface area contributed by atoms with Gasteiger partial charge in [-0.3, -0.25) is 9.59 Å². The van der Waals surface area contributed by atoms with E-state index < -0.39 is 11.5 Å². The summed E-state index contributed by atoms with van der Waals surface area (Å²) in [6.07, 6.45) is 4.75. The second kappa shape index (κ2) is 13.4. The summed E-state index contributed by atoms with van der Waals surface area (Å²) in [5.41, 5.74) is 2.73. The van der Waals surface area contributed by atoms with Gasteiger partial charge in [-0.05, 0) is 25.0 Å². The molecule has 5 rings (SSSR count). The highest BCUT2D eigenvalue weighted by Crippen LogP contribution is 2.41. The van der Waals surface area contributed by atoms with Crippen LogP contribution >= 0.6 is 34.8 Å². The van der Waals surface area contributed by atoms with Crippen LogP contribution in [-0.4, -0.2) is 45.0 Å². The number of aryl methyl sites for hydroxylation is 1. The van der Waals surface area contributed by atoms with Crippen molar-refractivity contribution in [3.05, 3.63) is 91.3 Å². The van der Waals surface area contributed by atoms with Gasteiger partial charge in [0, 0.05) is 41.9 Å². The molecule has 0 radical (unpaired) electrons. The Balaban J connectivity index is 1.42. The molecular formula is C31H30Cl3N5O4. The number of halogens is 3. The van der Waals surface area contributed by atoms with E-state index in [4.69, 9.17) is 44.5 Å². The Hall–Kier alpha value is -3.47. The molecule has 12 heteroatoms. The van der Waals surface area contributed by atoms with Crippen molar-refractivity contribution < 1.29 is 14.6 Å². The van der Waals surface area contributed by atoms with Crippen LogP contribution in [-0.2, 0) is 13.6 Å². The first kappa shape index (κ1) is 31.0. The van der Waals surface area contributed by atoms with Crippen molar-refractivity contribution in [3.63, 3.8) is 0 Å². The Morgan fingerprint density at radius 1 is 1.02 bits per heavy atom. The van der Waals surface area contributed by atoms with Gasteiger partial charge in [0.15, 0.2) is 0 Å². The number of carbonyl (C=O) groups is 1. The summed E-state index contributed by atoms with van der Waals surface area (Å²) >= 11 is 19.8. The first-order valence-electron chi connectivity index (χ1n) is 13.8. The lowest BCUT2D eigenvalue weighted by molar-refractivity contribution is 0.0901. The van der Waals surface area contributed by atoms with Crippen LogP contribution in [0.4, 0.5) is 5.69 Å². The van der Waals surface area contributed by atoms with Gasteiger partial charge in [0.25, 0.3) is 11.5 Å². The van der Waals surface area contributed by atoms with E-state index in [2.05, 4.69) is 15.7 Å². The number of carbonyl (C=O) groups excluding carboxylic acids is 1.